The first-order valence-electron chi connectivity index (χ1n) is 4.84. The zero-order valence-corrected chi connectivity index (χ0v) is 10.2. The van der Waals surface area contributed by atoms with E-state index in [2.05, 4.69) is 26.2 Å². The summed E-state index contributed by atoms with van der Waals surface area (Å²) in [5.41, 5.74) is 0.808. The second kappa shape index (κ2) is 5.05. The summed E-state index contributed by atoms with van der Waals surface area (Å²) in [6.07, 6.45) is 1.60. The lowest BCUT2D eigenvalue weighted by atomic mass is 10.2. The molecule has 0 aliphatic heterocycles. The van der Waals surface area contributed by atoms with E-state index in [1.807, 2.05) is 0 Å². The summed E-state index contributed by atoms with van der Waals surface area (Å²) < 4.78 is 13.5. The van der Waals surface area contributed by atoms with Crippen molar-refractivity contribution in [2.75, 3.05) is 5.32 Å². The Morgan fingerprint density at radius 3 is 2.82 bits per heavy atom. The molecule has 0 aliphatic carbocycles. The number of amides is 1. The molecule has 17 heavy (non-hydrogen) atoms. The van der Waals surface area contributed by atoms with Crippen LogP contribution in [-0.2, 0) is 0 Å². The maximum Gasteiger partial charge on any atom is 0.255 e. The van der Waals surface area contributed by atoms with Gasteiger partial charge < -0.3 is 5.32 Å². The molecular formula is C12H8BrFN2O. The zero-order chi connectivity index (χ0) is 12.3. The number of pyridine rings is 1. The van der Waals surface area contributed by atoms with E-state index >= 15 is 0 Å². The Balaban J connectivity index is 2.20. The zero-order valence-electron chi connectivity index (χ0n) is 8.65. The third kappa shape index (κ3) is 2.88. The lowest BCUT2D eigenvalue weighted by Gasteiger charge is -2.06. The summed E-state index contributed by atoms with van der Waals surface area (Å²) in [7, 11) is 0. The van der Waals surface area contributed by atoms with Crippen LogP contribution in [0.25, 0.3) is 0 Å². The Hall–Kier alpha value is -1.75. The number of benzene rings is 1. The average Bonchev–Trinajstić information content (AvgIpc) is 2.32. The first-order valence-corrected chi connectivity index (χ1v) is 5.63. The van der Waals surface area contributed by atoms with Crippen LogP contribution in [-0.4, -0.2) is 10.9 Å². The summed E-state index contributed by atoms with van der Waals surface area (Å²) in [6.45, 7) is 0. The van der Waals surface area contributed by atoms with Gasteiger partial charge in [-0.25, -0.2) is 9.37 Å². The molecule has 1 heterocycles. The van der Waals surface area contributed by atoms with Gasteiger partial charge in [-0.1, -0.05) is 6.07 Å². The molecule has 3 nitrogen and oxygen atoms in total. The van der Waals surface area contributed by atoms with Crippen LogP contribution in [0.2, 0.25) is 0 Å². The number of nitrogens with one attached hydrogen (secondary N) is 1. The van der Waals surface area contributed by atoms with E-state index in [9.17, 15) is 9.18 Å². The highest BCUT2D eigenvalue weighted by molar-refractivity contribution is 9.10. The third-order valence-electron chi connectivity index (χ3n) is 2.09. The van der Waals surface area contributed by atoms with Crippen molar-refractivity contribution in [2.24, 2.45) is 0 Å². The van der Waals surface area contributed by atoms with Crippen LogP contribution >= 0.6 is 15.9 Å². The quantitative estimate of drug-likeness (QED) is 0.864. The molecule has 0 radical (unpaired) electrons. The number of carbonyl (C=O) groups is 1. The summed E-state index contributed by atoms with van der Waals surface area (Å²) in [6, 6.07) is 8.90. The Morgan fingerprint density at radius 1 is 1.29 bits per heavy atom. The SMILES string of the molecule is O=C(Nc1cccnc1Br)c1cccc(F)c1. The summed E-state index contributed by atoms with van der Waals surface area (Å²) in [4.78, 5) is 15.8. The fourth-order valence-electron chi connectivity index (χ4n) is 1.30. The van der Waals surface area contributed by atoms with E-state index in [4.69, 9.17) is 0 Å². The maximum atomic E-state index is 12.9. The van der Waals surface area contributed by atoms with Gasteiger partial charge >= 0.3 is 0 Å². The van der Waals surface area contributed by atoms with Crippen LogP contribution < -0.4 is 5.32 Å². The first kappa shape index (κ1) is 11.7. The van der Waals surface area contributed by atoms with Crippen molar-refractivity contribution in [1.82, 2.24) is 4.98 Å². The third-order valence-corrected chi connectivity index (χ3v) is 2.73. The molecule has 0 fully saturated rings. The minimum Gasteiger partial charge on any atom is -0.320 e. The van der Waals surface area contributed by atoms with Gasteiger partial charge in [-0.15, -0.1) is 0 Å². The van der Waals surface area contributed by atoms with Crippen molar-refractivity contribution in [3.63, 3.8) is 0 Å². The molecule has 86 valence electrons. The molecule has 1 aromatic carbocycles. The molecule has 1 aromatic heterocycles. The van der Waals surface area contributed by atoms with E-state index < -0.39 is 5.82 Å². The lowest BCUT2D eigenvalue weighted by molar-refractivity contribution is 0.102. The molecule has 2 aromatic rings. The molecule has 0 aliphatic rings. The fraction of sp³-hybridized carbons (Fsp3) is 0. The average molecular weight is 295 g/mol. The predicted octanol–water partition coefficient (Wildman–Crippen LogP) is 3.24. The molecule has 1 N–H and O–H groups in total. The van der Waals surface area contributed by atoms with Gasteiger partial charge in [-0.3, -0.25) is 4.79 Å². The highest BCUT2D eigenvalue weighted by atomic mass is 79.9. The summed E-state index contributed by atoms with van der Waals surface area (Å²) in [5, 5.41) is 2.64. The predicted molar refractivity (Wildman–Crippen MR) is 66.3 cm³/mol. The minimum absolute atomic E-state index is 0.265. The van der Waals surface area contributed by atoms with E-state index in [-0.39, 0.29) is 11.5 Å². The maximum absolute atomic E-state index is 12.9. The molecule has 0 saturated carbocycles. The number of hydrogen-bond donors (Lipinski definition) is 1. The van der Waals surface area contributed by atoms with E-state index in [1.165, 1.54) is 18.2 Å². The van der Waals surface area contributed by atoms with Gasteiger partial charge in [0, 0.05) is 11.8 Å². The van der Waals surface area contributed by atoms with Crippen molar-refractivity contribution >= 4 is 27.5 Å². The number of carbonyl (C=O) groups excluding carboxylic acids is 1. The summed E-state index contributed by atoms with van der Waals surface area (Å²) >= 11 is 3.21. The Labute approximate surface area is 106 Å². The van der Waals surface area contributed by atoms with E-state index in [1.54, 1.807) is 24.4 Å². The van der Waals surface area contributed by atoms with Crippen LogP contribution in [0, 0.1) is 5.82 Å². The Morgan fingerprint density at radius 2 is 2.12 bits per heavy atom. The summed E-state index contributed by atoms with van der Waals surface area (Å²) in [5.74, 6) is -0.818. The number of aromatic nitrogens is 1. The van der Waals surface area contributed by atoms with Gasteiger partial charge in [0.2, 0.25) is 0 Å². The standard InChI is InChI=1S/C12H8BrFN2O/c13-11-10(5-2-6-15-11)16-12(17)8-3-1-4-9(14)7-8/h1-7H,(H,16,17). The highest BCUT2D eigenvalue weighted by Gasteiger charge is 2.08. The Bertz CT molecular complexity index is 560. The van der Waals surface area contributed by atoms with Crippen molar-refractivity contribution in [3.8, 4) is 0 Å². The molecule has 0 saturated heterocycles. The highest BCUT2D eigenvalue weighted by Crippen LogP contribution is 2.19. The smallest absolute Gasteiger partial charge is 0.255 e. The number of nitrogens with zero attached hydrogens (tertiary/aromatic N) is 1. The molecular weight excluding hydrogens is 287 g/mol. The van der Waals surface area contributed by atoms with Gasteiger partial charge in [0.1, 0.15) is 10.4 Å². The van der Waals surface area contributed by atoms with Crippen molar-refractivity contribution in [2.45, 2.75) is 0 Å². The fourth-order valence-corrected chi connectivity index (χ4v) is 1.65. The second-order valence-electron chi connectivity index (χ2n) is 3.31. The molecule has 0 spiro atoms. The minimum atomic E-state index is -0.442. The van der Waals surface area contributed by atoms with Crippen LogP contribution in [0.5, 0.6) is 0 Å². The molecule has 0 bridgehead atoms. The normalized spacial score (nSPS) is 10.0. The number of halogens is 2. The van der Waals surface area contributed by atoms with Gasteiger partial charge in [0.05, 0.1) is 5.69 Å². The topological polar surface area (TPSA) is 42.0 Å². The molecule has 5 heteroatoms. The number of rotatable bonds is 2. The van der Waals surface area contributed by atoms with Crippen LogP contribution in [0.1, 0.15) is 10.4 Å². The van der Waals surface area contributed by atoms with Crippen molar-refractivity contribution in [3.05, 3.63) is 58.6 Å². The van der Waals surface area contributed by atoms with Crippen molar-refractivity contribution < 1.29 is 9.18 Å². The number of anilines is 1. The monoisotopic (exact) mass is 294 g/mol. The molecule has 0 unspecified atom stereocenters. The van der Waals surface area contributed by atoms with Gasteiger partial charge in [0.15, 0.2) is 0 Å². The number of hydrogen-bond acceptors (Lipinski definition) is 2. The van der Waals surface area contributed by atoms with E-state index in [0.717, 1.165) is 0 Å². The van der Waals surface area contributed by atoms with Gasteiger partial charge in [-0.05, 0) is 46.3 Å². The van der Waals surface area contributed by atoms with Crippen LogP contribution in [0.4, 0.5) is 10.1 Å². The molecule has 2 rings (SSSR count). The van der Waals surface area contributed by atoms with Crippen molar-refractivity contribution in [1.29, 1.82) is 0 Å². The van der Waals surface area contributed by atoms with Gasteiger partial charge in [-0.2, -0.15) is 0 Å². The van der Waals surface area contributed by atoms with Gasteiger partial charge in [0.25, 0.3) is 5.91 Å². The molecule has 1 amide bonds. The largest absolute Gasteiger partial charge is 0.320 e. The second-order valence-corrected chi connectivity index (χ2v) is 4.06. The Kier molecular flexibility index (Phi) is 3.49. The van der Waals surface area contributed by atoms with Crippen LogP contribution in [0.15, 0.2) is 47.2 Å². The van der Waals surface area contributed by atoms with E-state index in [0.29, 0.717) is 10.3 Å². The van der Waals surface area contributed by atoms with Crippen LogP contribution in [0.3, 0.4) is 0 Å². The lowest BCUT2D eigenvalue weighted by Crippen LogP contribution is -2.12. The first-order chi connectivity index (χ1) is 8.16. The molecule has 0 atom stereocenters.